The maximum atomic E-state index is 14.1. The molecular formula is C19H30FIN4O. The summed E-state index contributed by atoms with van der Waals surface area (Å²) in [4.78, 5) is 16.4. The fourth-order valence-electron chi connectivity index (χ4n) is 2.87. The lowest BCUT2D eigenvalue weighted by Gasteiger charge is -2.22. The van der Waals surface area contributed by atoms with E-state index < -0.39 is 5.41 Å². The summed E-state index contributed by atoms with van der Waals surface area (Å²) in [5.41, 5.74) is 0.0293. The van der Waals surface area contributed by atoms with Gasteiger partial charge in [0.2, 0.25) is 5.91 Å². The van der Waals surface area contributed by atoms with Crippen LogP contribution < -0.4 is 16.0 Å². The molecule has 1 aliphatic carbocycles. The van der Waals surface area contributed by atoms with Gasteiger partial charge in [0.25, 0.3) is 0 Å². The van der Waals surface area contributed by atoms with Crippen LogP contribution >= 0.6 is 24.0 Å². The summed E-state index contributed by atoms with van der Waals surface area (Å²) in [7, 11) is 1.63. The standard InChI is InChI=1S/C19H29FN4O.HI/c1-5-22-17(23-12-18(2,3)16(25)21-4)24-13-19(10-11-19)14-8-6-7-9-15(14)20;/h6-9H,5,10-13H2,1-4H3,(H,21,25)(H2,22,23,24);1H. The van der Waals surface area contributed by atoms with Crippen molar-refractivity contribution in [3.05, 3.63) is 35.6 Å². The van der Waals surface area contributed by atoms with E-state index in [0.29, 0.717) is 19.0 Å². The van der Waals surface area contributed by atoms with Gasteiger partial charge in [0.05, 0.1) is 12.0 Å². The number of halogens is 2. The van der Waals surface area contributed by atoms with Crippen molar-refractivity contribution in [2.45, 2.75) is 39.0 Å². The molecule has 0 radical (unpaired) electrons. The number of carbonyl (C=O) groups excluding carboxylic acids is 1. The number of nitrogens with one attached hydrogen (secondary N) is 3. The Bertz CT molecular complexity index is 644. The molecule has 0 unspecified atom stereocenters. The molecule has 0 aromatic heterocycles. The van der Waals surface area contributed by atoms with Crippen molar-refractivity contribution in [1.82, 2.24) is 16.0 Å². The van der Waals surface area contributed by atoms with Crippen LogP contribution in [0.15, 0.2) is 29.3 Å². The Labute approximate surface area is 172 Å². The van der Waals surface area contributed by atoms with Crippen LogP contribution in [0.1, 0.15) is 39.2 Å². The summed E-state index contributed by atoms with van der Waals surface area (Å²) in [5.74, 6) is 0.462. The maximum absolute atomic E-state index is 14.1. The number of aliphatic imine (C=N–C) groups is 1. The summed E-state index contributed by atoms with van der Waals surface area (Å²) >= 11 is 0. The molecular weight excluding hydrogens is 446 g/mol. The predicted molar refractivity (Wildman–Crippen MR) is 115 cm³/mol. The largest absolute Gasteiger partial charge is 0.359 e. The lowest BCUT2D eigenvalue weighted by Crippen LogP contribution is -2.43. The second-order valence-electron chi connectivity index (χ2n) is 7.27. The van der Waals surface area contributed by atoms with E-state index in [2.05, 4.69) is 20.9 Å². The van der Waals surface area contributed by atoms with Crippen LogP contribution in [0.25, 0.3) is 0 Å². The maximum Gasteiger partial charge on any atom is 0.227 e. The molecule has 0 heterocycles. The molecule has 5 nitrogen and oxygen atoms in total. The van der Waals surface area contributed by atoms with Crippen molar-refractivity contribution in [1.29, 1.82) is 0 Å². The van der Waals surface area contributed by atoms with E-state index >= 15 is 0 Å². The van der Waals surface area contributed by atoms with Gasteiger partial charge >= 0.3 is 0 Å². The van der Waals surface area contributed by atoms with Gasteiger partial charge < -0.3 is 16.0 Å². The Morgan fingerprint density at radius 1 is 1.27 bits per heavy atom. The molecule has 146 valence electrons. The van der Waals surface area contributed by atoms with Gasteiger partial charge in [-0.2, -0.15) is 0 Å². The van der Waals surface area contributed by atoms with Crippen LogP contribution in [0.3, 0.4) is 0 Å². The van der Waals surface area contributed by atoms with Crippen molar-refractivity contribution in [3.63, 3.8) is 0 Å². The molecule has 0 spiro atoms. The minimum atomic E-state index is -0.583. The molecule has 1 saturated carbocycles. The van der Waals surface area contributed by atoms with E-state index in [0.717, 1.165) is 24.9 Å². The first-order chi connectivity index (χ1) is 11.8. The van der Waals surface area contributed by atoms with Crippen LogP contribution in [0.4, 0.5) is 4.39 Å². The highest BCUT2D eigenvalue weighted by atomic mass is 127. The minimum Gasteiger partial charge on any atom is -0.359 e. The highest BCUT2D eigenvalue weighted by molar-refractivity contribution is 14.0. The lowest BCUT2D eigenvalue weighted by atomic mass is 9.93. The van der Waals surface area contributed by atoms with E-state index in [1.54, 1.807) is 13.1 Å². The molecule has 0 atom stereocenters. The number of guanidine groups is 1. The molecule has 2 rings (SSSR count). The average Bonchev–Trinajstić information content (AvgIpc) is 3.38. The van der Waals surface area contributed by atoms with Gasteiger partial charge in [-0.05, 0) is 45.2 Å². The third kappa shape index (κ3) is 5.56. The van der Waals surface area contributed by atoms with Crippen molar-refractivity contribution < 1.29 is 9.18 Å². The third-order valence-corrected chi connectivity index (χ3v) is 4.71. The number of carbonyl (C=O) groups is 1. The molecule has 7 heteroatoms. The van der Waals surface area contributed by atoms with Crippen molar-refractivity contribution in [2.75, 3.05) is 26.7 Å². The van der Waals surface area contributed by atoms with Gasteiger partial charge in [0, 0.05) is 25.6 Å². The zero-order valence-corrected chi connectivity index (χ0v) is 18.3. The van der Waals surface area contributed by atoms with Gasteiger partial charge in [0.15, 0.2) is 5.96 Å². The minimum absolute atomic E-state index is 0. The monoisotopic (exact) mass is 476 g/mol. The zero-order chi connectivity index (χ0) is 18.5. The van der Waals surface area contributed by atoms with Gasteiger partial charge in [-0.25, -0.2) is 4.39 Å². The highest BCUT2D eigenvalue weighted by Crippen LogP contribution is 2.48. The van der Waals surface area contributed by atoms with E-state index in [1.807, 2.05) is 32.9 Å². The van der Waals surface area contributed by atoms with Crippen molar-refractivity contribution >= 4 is 35.8 Å². The first-order valence-electron chi connectivity index (χ1n) is 8.84. The molecule has 1 amide bonds. The Morgan fingerprint density at radius 3 is 2.46 bits per heavy atom. The zero-order valence-electron chi connectivity index (χ0n) is 16.0. The lowest BCUT2D eigenvalue weighted by molar-refractivity contribution is -0.128. The summed E-state index contributed by atoms with van der Waals surface area (Å²) in [6.45, 7) is 7.43. The first kappa shape index (κ1) is 22.7. The van der Waals surface area contributed by atoms with Crippen LogP contribution in [0, 0.1) is 11.2 Å². The first-order valence-corrected chi connectivity index (χ1v) is 8.84. The Kier molecular flexibility index (Phi) is 8.30. The normalized spacial score (nSPS) is 15.7. The average molecular weight is 476 g/mol. The second kappa shape index (κ2) is 9.53. The Hall–Kier alpha value is -1.38. The number of nitrogens with zero attached hydrogens (tertiary/aromatic N) is 1. The van der Waals surface area contributed by atoms with Crippen molar-refractivity contribution in [3.8, 4) is 0 Å². The fraction of sp³-hybridized carbons (Fsp3) is 0.579. The number of amides is 1. The quantitative estimate of drug-likeness (QED) is 0.322. The smallest absolute Gasteiger partial charge is 0.227 e. The Balaban J connectivity index is 0.00000338. The molecule has 0 bridgehead atoms. The molecule has 26 heavy (non-hydrogen) atoms. The highest BCUT2D eigenvalue weighted by Gasteiger charge is 2.45. The number of hydrogen-bond donors (Lipinski definition) is 3. The summed E-state index contributed by atoms with van der Waals surface area (Å²) in [5, 5.41) is 9.18. The van der Waals surface area contributed by atoms with Crippen LogP contribution in [0.5, 0.6) is 0 Å². The van der Waals surface area contributed by atoms with E-state index in [4.69, 9.17) is 0 Å². The second-order valence-corrected chi connectivity index (χ2v) is 7.27. The summed E-state index contributed by atoms with van der Waals surface area (Å²) in [6, 6.07) is 6.97. The Morgan fingerprint density at radius 2 is 1.92 bits per heavy atom. The molecule has 0 aliphatic heterocycles. The molecule has 3 N–H and O–H groups in total. The van der Waals surface area contributed by atoms with E-state index in [-0.39, 0.29) is 41.1 Å². The predicted octanol–water partition coefficient (Wildman–Crippen LogP) is 2.80. The topological polar surface area (TPSA) is 65.5 Å². The van der Waals surface area contributed by atoms with Crippen molar-refractivity contribution in [2.24, 2.45) is 10.4 Å². The number of rotatable bonds is 7. The van der Waals surface area contributed by atoms with Gasteiger partial charge in [0.1, 0.15) is 5.82 Å². The number of benzene rings is 1. The van der Waals surface area contributed by atoms with Gasteiger partial charge in [-0.1, -0.05) is 18.2 Å². The molecule has 0 saturated heterocycles. The van der Waals surface area contributed by atoms with Crippen LogP contribution in [0.2, 0.25) is 0 Å². The van der Waals surface area contributed by atoms with E-state index in [1.165, 1.54) is 6.07 Å². The summed E-state index contributed by atoms with van der Waals surface area (Å²) in [6.07, 6.45) is 1.92. The van der Waals surface area contributed by atoms with Gasteiger partial charge in [-0.15, -0.1) is 24.0 Å². The molecule has 1 aromatic rings. The SMILES string of the molecule is CCNC(=NCC(C)(C)C(=O)NC)NCC1(c2ccccc2F)CC1.I. The van der Waals surface area contributed by atoms with Crippen LogP contribution in [-0.4, -0.2) is 38.5 Å². The summed E-state index contributed by atoms with van der Waals surface area (Å²) < 4.78 is 14.1. The fourth-order valence-corrected chi connectivity index (χ4v) is 2.87. The molecule has 1 aliphatic rings. The van der Waals surface area contributed by atoms with Gasteiger partial charge in [-0.3, -0.25) is 9.79 Å². The molecule has 1 aromatic carbocycles. The third-order valence-electron chi connectivity index (χ3n) is 4.71. The number of hydrogen-bond acceptors (Lipinski definition) is 2. The van der Waals surface area contributed by atoms with Crippen LogP contribution in [-0.2, 0) is 10.2 Å². The molecule has 1 fully saturated rings. The van der Waals surface area contributed by atoms with E-state index in [9.17, 15) is 9.18 Å².